The SMILES string of the molecule is COCOCc1c(C2c3cc(OC)c(OC)cc3CCC2[N+](=O)[O-])ccc(OC)c1OC. The van der Waals surface area contributed by atoms with Crippen LogP contribution in [0, 0.1) is 10.1 Å². The first-order valence-electron chi connectivity index (χ1n) is 10.2. The molecule has 0 saturated heterocycles. The summed E-state index contributed by atoms with van der Waals surface area (Å²) in [6.45, 7) is 0.220. The number of methoxy groups -OCH3 is 5. The summed E-state index contributed by atoms with van der Waals surface area (Å²) in [5, 5.41) is 12.1. The largest absolute Gasteiger partial charge is 0.493 e. The minimum absolute atomic E-state index is 0.0742. The van der Waals surface area contributed by atoms with Gasteiger partial charge in [-0.2, -0.15) is 0 Å². The molecule has 1 aliphatic carbocycles. The molecule has 0 fully saturated rings. The Balaban J connectivity index is 2.24. The second-order valence-electron chi connectivity index (χ2n) is 7.40. The molecule has 9 heteroatoms. The summed E-state index contributed by atoms with van der Waals surface area (Å²) < 4.78 is 32.7. The van der Waals surface area contributed by atoms with E-state index in [4.69, 9.17) is 28.4 Å². The summed E-state index contributed by atoms with van der Waals surface area (Å²) in [5.41, 5.74) is 3.25. The monoisotopic (exact) mass is 447 g/mol. The van der Waals surface area contributed by atoms with Gasteiger partial charge in [0.05, 0.1) is 41.0 Å². The van der Waals surface area contributed by atoms with Gasteiger partial charge in [-0.25, -0.2) is 0 Å². The normalized spacial score (nSPS) is 17.4. The lowest BCUT2D eigenvalue weighted by Gasteiger charge is -2.31. The highest BCUT2D eigenvalue weighted by atomic mass is 16.7. The molecular formula is C23H29NO8. The summed E-state index contributed by atoms with van der Waals surface area (Å²) in [6, 6.07) is 6.53. The molecule has 0 heterocycles. The topological polar surface area (TPSA) is 98.5 Å². The smallest absolute Gasteiger partial charge is 0.224 e. The Morgan fingerprint density at radius 1 is 0.938 bits per heavy atom. The molecular weight excluding hydrogens is 418 g/mol. The molecule has 2 aromatic carbocycles. The molecule has 2 unspecified atom stereocenters. The second kappa shape index (κ2) is 10.5. The van der Waals surface area contributed by atoms with Crippen molar-refractivity contribution in [1.82, 2.24) is 0 Å². The number of rotatable bonds is 10. The Morgan fingerprint density at radius 3 is 2.22 bits per heavy atom. The van der Waals surface area contributed by atoms with E-state index in [2.05, 4.69) is 0 Å². The number of fused-ring (bicyclic) bond motifs is 1. The minimum atomic E-state index is -0.820. The molecule has 0 aromatic heterocycles. The van der Waals surface area contributed by atoms with E-state index < -0.39 is 12.0 Å². The number of ether oxygens (including phenoxy) is 6. The van der Waals surface area contributed by atoms with Crippen molar-refractivity contribution in [3.05, 3.63) is 56.6 Å². The zero-order valence-corrected chi connectivity index (χ0v) is 19.0. The van der Waals surface area contributed by atoms with Gasteiger partial charge in [-0.3, -0.25) is 10.1 Å². The second-order valence-corrected chi connectivity index (χ2v) is 7.40. The molecule has 1 aliphatic rings. The van der Waals surface area contributed by atoms with Crippen LogP contribution in [0.4, 0.5) is 0 Å². The summed E-state index contributed by atoms with van der Waals surface area (Å²) in [6.07, 6.45) is 0.966. The molecule has 0 bridgehead atoms. The molecule has 3 rings (SSSR count). The maximum absolute atomic E-state index is 12.1. The van der Waals surface area contributed by atoms with Crippen LogP contribution in [-0.2, 0) is 22.5 Å². The van der Waals surface area contributed by atoms with Crippen LogP contribution in [0.2, 0.25) is 0 Å². The Labute approximate surface area is 187 Å². The van der Waals surface area contributed by atoms with Gasteiger partial charge in [0.2, 0.25) is 6.04 Å². The minimum Gasteiger partial charge on any atom is -0.493 e. The molecule has 0 radical (unpaired) electrons. The van der Waals surface area contributed by atoms with Gasteiger partial charge in [0.25, 0.3) is 0 Å². The fourth-order valence-corrected chi connectivity index (χ4v) is 4.40. The van der Waals surface area contributed by atoms with Crippen molar-refractivity contribution in [3.63, 3.8) is 0 Å². The number of nitrogens with zero attached hydrogens (tertiary/aromatic N) is 1. The van der Waals surface area contributed by atoms with E-state index in [-0.39, 0.29) is 18.3 Å². The highest BCUT2D eigenvalue weighted by Gasteiger charge is 2.41. The number of hydrogen-bond donors (Lipinski definition) is 0. The van der Waals surface area contributed by atoms with Crippen molar-refractivity contribution in [2.24, 2.45) is 0 Å². The number of hydrogen-bond acceptors (Lipinski definition) is 8. The quantitative estimate of drug-likeness (QED) is 0.236. The third kappa shape index (κ3) is 4.44. The summed E-state index contributed by atoms with van der Waals surface area (Å²) in [4.78, 5) is 11.9. The highest BCUT2D eigenvalue weighted by Crippen LogP contribution is 2.46. The van der Waals surface area contributed by atoms with Crippen LogP contribution in [0.15, 0.2) is 24.3 Å². The van der Waals surface area contributed by atoms with Gasteiger partial charge in [-0.15, -0.1) is 0 Å². The van der Waals surface area contributed by atoms with Crippen LogP contribution >= 0.6 is 0 Å². The molecule has 0 saturated carbocycles. The van der Waals surface area contributed by atoms with Crippen LogP contribution in [-0.4, -0.2) is 53.3 Å². The molecule has 2 aromatic rings. The van der Waals surface area contributed by atoms with Crippen LogP contribution < -0.4 is 18.9 Å². The Bertz CT molecular complexity index is 961. The van der Waals surface area contributed by atoms with Crippen molar-refractivity contribution >= 4 is 0 Å². The van der Waals surface area contributed by atoms with Gasteiger partial charge in [-0.05, 0) is 41.3 Å². The highest BCUT2D eigenvalue weighted by molar-refractivity contribution is 5.57. The van der Waals surface area contributed by atoms with Gasteiger partial charge < -0.3 is 28.4 Å². The lowest BCUT2D eigenvalue weighted by molar-refractivity contribution is -0.526. The first kappa shape index (κ1) is 23.6. The standard InChI is InChI=1S/C23H29NO8/c1-27-13-32-12-17-15(7-9-19(28-2)23(17)31-5)22-16-11-21(30-4)20(29-3)10-14(16)6-8-18(22)24(25)26/h7,9-11,18,22H,6,8,12-13H2,1-5H3. The van der Waals surface area contributed by atoms with E-state index in [9.17, 15) is 10.1 Å². The summed E-state index contributed by atoms with van der Waals surface area (Å²) in [5.74, 6) is 1.59. The van der Waals surface area contributed by atoms with Gasteiger partial charge in [0, 0.05) is 24.0 Å². The van der Waals surface area contributed by atoms with E-state index in [1.165, 1.54) is 14.2 Å². The molecule has 174 valence electrons. The van der Waals surface area contributed by atoms with E-state index in [1.54, 1.807) is 27.4 Å². The molecule has 0 spiro atoms. The fraction of sp³-hybridized carbons (Fsp3) is 0.478. The van der Waals surface area contributed by atoms with Crippen LogP contribution in [0.5, 0.6) is 23.0 Å². The molecule has 0 aliphatic heterocycles. The molecule has 9 nitrogen and oxygen atoms in total. The molecule has 0 N–H and O–H groups in total. The van der Waals surface area contributed by atoms with Gasteiger partial charge in [-0.1, -0.05) is 6.07 Å². The predicted octanol–water partition coefficient (Wildman–Crippen LogP) is 3.56. The summed E-state index contributed by atoms with van der Waals surface area (Å²) in [7, 11) is 7.74. The van der Waals surface area contributed by atoms with Crippen molar-refractivity contribution < 1.29 is 33.3 Å². The van der Waals surface area contributed by atoms with Crippen LogP contribution in [0.3, 0.4) is 0 Å². The molecule has 0 amide bonds. The maximum Gasteiger partial charge on any atom is 0.224 e. The van der Waals surface area contributed by atoms with Crippen molar-refractivity contribution in [1.29, 1.82) is 0 Å². The van der Waals surface area contributed by atoms with E-state index >= 15 is 0 Å². The van der Waals surface area contributed by atoms with Crippen LogP contribution in [0.1, 0.15) is 34.6 Å². The van der Waals surface area contributed by atoms with Gasteiger partial charge in [0.15, 0.2) is 23.0 Å². The number of aryl methyl sites for hydroxylation is 1. The lowest BCUT2D eigenvalue weighted by Crippen LogP contribution is -2.34. The van der Waals surface area contributed by atoms with Gasteiger partial charge in [0.1, 0.15) is 6.79 Å². The number of nitro groups is 1. The third-order valence-electron chi connectivity index (χ3n) is 5.81. The van der Waals surface area contributed by atoms with Crippen molar-refractivity contribution in [2.45, 2.75) is 31.4 Å². The Kier molecular flexibility index (Phi) is 7.76. The first-order valence-corrected chi connectivity index (χ1v) is 10.2. The maximum atomic E-state index is 12.1. The predicted molar refractivity (Wildman–Crippen MR) is 117 cm³/mol. The zero-order chi connectivity index (χ0) is 23.3. The molecule has 32 heavy (non-hydrogen) atoms. The van der Waals surface area contributed by atoms with Crippen LogP contribution in [0.25, 0.3) is 0 Å². The van der Waals surface area contributed by atoms with Crippen molar-refractivity contribution in [3.8, 4) is 23.0 Å². The van der Waals surface area contributed by atoms with E-state index in [1.807, 2.05) is 18.2 Å². The van der Waals surface area contributed by atoms with E-state index in [0.717, 1.165) is 16.7 Å². The lowest BCUT2D eigenvalue weighted by atomic mass is 9.74. The Morgan fingerprint density at radius 2 is 1.62 bits per heavy atom. The number of benzene rings is 2. The van der Waals surface area contributed by atoms with Gasteiger partial charge >= 0.3 is 0 Å². The van der Waals surface area contributed by atoms with Crippen molar-refractivity contribution in [2.75, 3.05) is 42.3 Å². The average molecular weight is 447 g/mol. The molecule has 2 atom stereocenters. The Hall–Kier alpha value is -3.04. The third-order valence-corrected chi connectivity index (χ3v) is 5.81. The average Bonchev–Trinajstić information content (AvgIpc) is 2.81. The summed E-state index contributed by atoms with van der Waals surface area (Å²) >= 11 is 0. The zero-order valence-electron chi connectivity index (χ0n) is 19.0. The fourth-order valence-electron chi connectivity index (χ4n) is 4.40. The first-order chi connectivity index (χ1) is 15.5. The van der Waals surface area contributed by atoms with E-state index in [0.29, 0.717) is 41.4 Å².